The van der Waals surface area contributed by atoms with E-state index in [9.17, 15) is 5.11 Å². The van der Waals surface area contributed by atoms with E-state index in [1.807, 2.05) is 30.3 Å². The zero-order valence-electron chi connectivity index (χ0n) is 10.6. The summed E-state index contributed by atoms with van der Waals surface area (Å²) < 4.78 is 6.63. The summed E-state index contributed by atoms with van der Waals surface area (Å²) in [5.74, 6) is 0.764. The molecule has 1 unspecified atom stereocenters. The lowest BCUT2D eigenvalue weighted by molar-refractivity contribution is 0.470. The number of nitrogens with zero attached hydrogens (tertiary/aromatic N) is 1. The fourth-order valence-electron chi connectivity index (χ4n) is 2.05. The Morgan fingerprint density at radius 2 is 1.95 bits per heavy atom. The molecule has 0 bridgehead atoms. The topological polar surface area (TPSA) is 72.3 Å². The number of phenols is 1. The summed E-state index contributed by atoms with van der Waals surface area (Å²) in [6.45, 7) is 0. The Kier molecular flexibility index (Phi) is 3.46. The Morgan fingerprint density at radius 3 is 2.70 bits per heavy atom. The van der Waals surface area contributed by atoms with Crippen molar-refractivity contribution < 1.29 is 9.52 Å². The Bertz CT molecular complexity index is 737. The van der Waals surface area contributed by atoms with Crippen LogP contribution in [-0.4, -0.2) is 10.1 Å². The molecule has 3 aromatic rings. The minimum absolute atomic E-state index is 0.244. The number of hydrogen-bond donors (Lipinski definition) is 2. The molecule has 4 nitrogen and oxygen atoms in total. The monoisotopic (exact) mass is 332 g/mol. The van der Waals surface area contributed by atoms with Gasteiger partial charge in [0, 0.05) is 4.47 Å². The summed E-state index contributed by atoms with van der Waals surface area (Å²) in [7, 11) is 0. The van der Waals surface area contributed by atoms with Gasteiger partial charge in [0.25, 0.3) is 0 Å². The number of rotatable bonds is 3. The maximum atomic E-state index is 9.26. The van der Waals surface area contributed by atoms with Crippen LogP contribution < -0.4 is 5.73 Å². The van der Waals surface area contributed by atoms with E-state index in [0.29, 0.717) is 12.3 Å². The highest BCUT2D eigenvalue weighted by Crippen LogP contribution is 2.24. The van der Waals surface area contributed by atoms with Gasteiger partial charge in [-0.15, -0.1) is 0 Å². The molecule has 0 aliphatic heterocycles. The minimum atomic E-state index is -0.314. The molecule has 1 aromatic heterocycles. The molecule has 0 saturated heterocycles. The van der Waals surface area contributed by atoms with Crippen molar-refractivity contribution in [3.05, 3.63) is 58.4 Å². The first kappa shape index (κ1) is 13.1. The average molecular weight is 333 g/mol. The first-order valence-corrected chi connectivity index (χ1v) is 7.00. The van der Waals surface area contributed by atoms with Crippen molar-refractivity contribution >= 4 is 27.0 Å². The predicted octanol–water partition coefficient (Wildman–Crippen LogP) is 3.54. The molecule has 0 spiro atoms. The van der Waals surface area contributed by atoms with Crippen LogP contribution in [0.1, 0.15) is 17.5 Å². The van der Waals surface area contributed by atoms with E-state index in [-0.39, 0.29) is 11.8 Å². The lowest BCUT2D eigenvalue weighted by atomic mass is 10.1. The molecule has 0 fully saturated rings. The average Bonchev–Trinajstić information content (AvgIpc) is 2.84. The minimum Gasteiger partial charge on any atom is -0.508 e. The van der Waals surface area contributed by atoms with E-state index in [0.717, 1.165) is 21.1 Å². The van der Waals surface area contributed by atoms with E-state index in [2.05, 4.69) is 20.9 Å². The van der Waals surface area contributed by atoms with Gasteiger partial charge in [0.05, 0.1) is 6.04 Å². The SMILES string of the molecule is NC(Cc1ccc(O)cc1)c1nc2cc(Br)ccc2o1. The van der Waals surface area contributed by atoms with Gasteiger partial charge < -0.3 is 15.3 Å². The summed E-state index contributed by atoms with van der Waals surface area (Å²) in [5, 5.41) is 9.26. The summed E-state index contributed by atoms with van der Waals surface area (Å²) in [4.78, 5) is 4.42. The van der Waals surface area contributed by atoms with Gasteiger partial charge in [-0.2, -0.15) is 0 Å². The first-order chi connectivity index (χ1) is 9.61. The molecule has 0 aliphatic rings. The fourth-order valence-corrected chi connectivity index (χ4v) is 2.40. The zero-order chi connectivity index (χ0) is 14.1. The second-order valence-corrected chi connectivity index (χ2v) is 5.56. The van der Waals surface area contributed by atoms with E-state index < -0.39 is 0 Å². The lowest BCUT2D eigenvalue weighted by Gasteiger charge is -2.07. The number of aromatic hydroxyl groups is 1. The molecule has 0 amide bonds. The number of halogens is 1. The second kappa shape index (κ2) is 5.26. The molecule has 102 valence electrons. The van der Waals surface area contributed by atoms with Gasteiger partial charge >= 0.3 is 0 Å². The van der Waals surface area contributed by atoms with Crippen molar-refractivity contribution in [3.8, 4) is 5.75 Å². The van der Waals surface area contributed by atoms with Crippen LogP contribution in [0, 0.1) is 0 Å². The number of oxazole rings is 1. The smallest absolute Gasteiger partial charge is 0.212 e. The second-order valence-electron chi connectivity index (χ2n) is 4.64. The van der Waals surface area contributed by atoms with Gasteiger partial charge in [-0.25, -0.2) is 4.98 Å². The summed E-state index contributed by atoms with van der Waals surface area (Å²) in [6.07, 6.45) is 0.605. The lowest BCUT2D eigenvalue weighted by Crippen LogP contribution is -2.13. The van der Waals surface area contributed by atoms with Crippen LogP contribution >= 0.6 is 15.9 Å². The Labute approximate surface area is 124 Å². The van der Waals surface area contributed by atoms with E-state index in [1.54, 1.807) is 12.1 Å². The highest BCUT2D eigenvalue weighted by atomic mass is 79.9. The van der Waals surface area contributed by atoms with Crippen molar-refractivity contribution in [3.63, 3.8) is 0 Å². The van der Waals surface area contributed by atoms with Crippen molar-refractivity contribution in [2.24, 2.45) is 5.73 Å². The number of fused-ring (bicyclic) bond motifs is 1. The molecule has 0 saturated carbocycles. The molecule has 0 radical (unpaired) electrons. The maximum Gasteiger partial charge on any atom is 0.212 e. The molecule has 5 heteroatoms. The van der Waals surface area contributed by atoms with Crippen LogP contribution in [0.25, 0.3) is 11.1 Å². The van der Waals surface area contributed by atoms with Crippen molar-refractivity contribution in [1.82, 2.24) is 4.98 Å². The largest absolute Gasteiger partial charge is 0.508 e. The van der Waals surface area contributed by atoms with Gasteiger partial charge in [0.15, 0.2) is 5.58 Å². The quantitative estimate of drug-likeness (QED) is 0.769. The van der Waals surface area contributed by atoms with Crippen LogP contribution in [0.2, 0.25) is 0 Å². The Morgan fingerprint density at radius 1 is 1.20 bits per heavy atom. The van der Waals surface area contributed by atoms with Crippen LogP contribution in [0.3, 0.4) is 0 Å². The highest BCUT2D eigenvalue weighted by molar-refractivity contribution is 9.10. The highest BCUT2D eigenvalue weighted by Gasteiger charge is 2.14. The van der Waals surface area contributed by atoms with Gasteiger partial charge in [0.2, 0.25) is 5.89 Å². The van der Waals surface area contributed by atoms with E-state index in [4.69, 9.17) is 10.2 Å². The number of benzene rings is 2. The van der Waals surface area contributed by atoms with Crippen molar-refractivity contribution in [2.75, 3.05) is 0 Å². The molecule has 1 heterocycles. The molecule has 20 heavy (non-hydrogen) atoms. The standard InChI is InChI=1S/C15H13BrN2O2/c16-10-3-6-14-13(8-10)18-15(20-14)12(17)7-9-1-4-11(19)5-2-9/h1-6,8,12,19H,7,17H2. The Hall–Kier alpha value is -1.85. The predicted molar refractivity (Wildman–Crippen MR) is 80.4 cm³/mol. The molecule has 3 N–H and O–H groups in total. The zero-order valence-corrected chi connectivity index (χ0v) is 12.2. The molecule has 1 atom stereocenters. The van der Waals surface area contributed by atoms with Gasteiger partial charge in [-0.1, -0.05) is 28.1 Å². The third-order valence-electron chi connectivity index (χ3n) is 3.08. The number of aromatic nitrogens is 1. The molecule has 0 aliphatic carbocycles. The molecular formula is C15H13BrN2O2. The number of phenolic OH excluding ortho intramolecular Hbond substituents is 1. The van der Waals surface area contributed by atoms with E-state index in [1.165, 1.54) is 0 Å². The fraction of sp³-hybridized carbons (Fsp3) is 0.133. The van der Waals surface area contributed by atoms with E-state index >= 15 is 0 Å². The summed E-state index contributed by atoms with van der Waals surface area (Å²) >= 11 is 3.40. The summed E-state index contributed by atoms with van der Waals surface area (Å²) in [5.41, 5.74) is 8.68. The number of hydrogen-bond acceptors (Lipinski definition) is 4. The van der Waals surface area contributed by atoms with Gasteiger partial charge in [-0.05, 0) is 42.3 Å². The number of nitrogens with two attached hydrogens (primary N) is 1. The maximum absolute atomic E-state index is 9.26. The molecule has 3 rings (SSSR count). The van der Waals surface area contributed by atoms with Crippen LogP contribution in [-0.2, 0) is 6.42 Å². The first-order valence-electron chi connectivity index (χ1n) is 6.21. The van der Waals surface area contributed by atoms with Crippen molar-refractivity contribution in [1.29, 1.82) is 0 Å². The third kappa shape index (κ3) is 2.69. The molecule has 2 aromatic carbocycles. The van der Waals surface area contributed by atoms with Crippen LogP contribution in [0.4, 0.5) is 0 Å². The summed E-state index contributed by atoms with van der Waals surface area (Å²) in [6, 6.07) is 12.3. The van der Waals surface area contributed by atoms with Crippen LogP contribution in [0.5, 0.6) is 5.75 Å². The van der Waals surface area contributed by atoms with Gasteiger partial charge in [0.1, 0.15) is 11.3 Å². The van der Waals surface area contributed by atoms with Crippen molar-refractivity contribution in [2.45, 2.75) is 12.5 Å². The normalized spacial score (nSPS) is 12.7. The third-order valence-corrected chi connectivity index (χ3v) is 3.57. The van der Waals surface area contributed by atoms with Crippen LogP contribution in [0.15, 0.2) is 51.4 Å². The Balaban J connectivity index is 1.84. The molecular weight excluding hydrogens is 320 g/mol. The van der Waals surface area contributed by atoms with Gasteiger partial charge in [-0.3, -0.25) is 0 Å².